The number of aromatic nitrogens is 2. The fourth-order valence-corrected chi connectivity index (χ4v) is 1.32. The third-order valence-electron chi connectivity index (χ3n) is 1.51. The molecule has 72 valence electrons. The average molecular weight is 308 g/mol. The maximum Gasteiger partial charge on any atom is 0.258 e. The van der Waals surface area contributed by atoms with Crippen LogP contribution >= 0.6 is 22.6 Å². The van der Waals surface area contributed by atoms with E-state index in [0.717, 1.165) is 18.2 Å². The molecule has 0 aliphatic heterocycles. The molecule has 1 aromatic carbocycles. The number of nitrogens with zero attached hydrogens (tertiary/aromatic N) is 2. The summed E-state index contributed by atoms with van der Waals surface area (Å²) in [6.45, 7) is 0. The van der Waals surface area contributed by atoms with Crippen molar-refractivity contribution in [2.24, 2.45) is 0 Å². The number of halogens is 3. The molecule has 0 aliphatic carbocycles. The first-order chi connectivity index (χ1) is 6.65. The highest BCUT2D eigenvalue weighted by atomic mass is 127. The topological polar surface area (TPSA) is 38.9 Å². The summed E-state index contributed by atoms with van der Waals surface area (Å²) >= 11 is 1.84. The molecule has 0 amide bonds. The maximum absolute atomic E-state index is 12.8. The lowest BCUT2D eigenvalue weighted by molar-refractivity contribution is 0.425. The Balaban J connectivity index is 2.51. The van der Waals surface area contributed by atoms with Gasteiger partial charge >= 0.3 is 0 Å². The SMILES string of the molecule is Fc1cc(F)cc(-c2nc(I)no2)c1. The fraction of sp³-hybridized carbons (Fsp3) is 0. The van der Waals surface area contributed by atoms with E-state index in [1.54, 1.807) is 0 Å². The number of hydrogen-bond donors (Lipinski definition) is 0. The summed E-state index contributed by atoms with van der Waals surface area (Å²) in [5.74, 6) is -1.24. The second-order valence-corrected chi connectivity index (χ2v) is 3.49. The Hall–Kier alpha value is -1.05. The quantitative estimate of drug-likeness (QED) is 0.760. The van der Waals surface area contributed by atoms with Crippen molar-refractivity contribution < 1.29 is 13.3 Å². The van der Waals surface area contributed by atoms with Gasteiger partial charge in [-0.25, -0.2) is 8.78 Å². The van der Waals surface area contributed by atoms with Crippen LogP contribution in [0.3, 0.4) is 0 Å². The van der Waals surface area contributed by atoms with Crippen LogP contribution in [0.1, 0.15) is 0 Å². The summed E-state index contributed by atoms with van der Waals surface area (Å²) in [4.78, 5) is 3.84. The molecule has 0 spiro atoms. The van der Waals surface area contributed by atoms with E-state index in [1.807, 2.05) is 22.6 Å². The molecular formula is C8H3F2IN2O. The van der Waals surface area contributed by atoms with Crippen LogP contribution in [0, 0.1) is 15.5 Å². The van der Waals surface area contributed by atoms with Gasteiger partial charge in [0.2, 0.25) is 3.83 Å². The molecule has 1 aromatic heterocycles. The van der Waals surface area contributed by atoms with Crippen molar-refractivity contribution in [2.75, 3.05) is 0 Å². The molecule has 1 heterocycles. The highest BCUT2D eigenvalue weighted by molar-refractivity contribution is 14.1. The van der Waals surface area contributed by atoms with Crippen LogP contribution in [-0.4, -0.2) is 10.1 Å². The molecule has 0 N–H and O–H groups in total. The van der Waals surface area contributed by atoms with Crippen LogP contribution in [-0.2, 0) is 0 Å². The van der Waals surface area contributed by atoms with E-state index in [4.69, 9.17) is 4.52 Å². The third kappa shape index (κ3) is 1.89. The highest BCUT2D eigenvalue weighted by Gasteiger charge is 2.09. The Labute approximate surface area is 91.3 Å². The highest BCUT2D eigenvalue weighted by Crippen LogP contribution is 2.19. The molecule has 0 unspecified atom stereocenters. The van der Waals surface area contributed by atoms with Gasteiger partial charge in [0.1, 0.15) is 11.6 Å². The van der Waals surface area contributed by atoms with Crippen LogP contribution in [0.2, 0.25) is 0 Å². The summed E-state index contributed by atoms with van der Waals surface area (Å²) in [6.07, 6.45) is 0. The molecule has 0 saturated carbocycles. The van der Waals surface area contributed by atoms with Gasteiger partial charge in [0.15, 0.2) is 0 Å². The minimum atomic E-state index is -0.673. The van der Waals surface area contributed by atoms with Crippen LogP contribution < -0.4 is 0 Å². The van der Waals surface area contributed by atoms with Gasteiger partial charge in [-0.05, 0) is 12.1 Å². The zero-order chi connectivity index (χ0) is 10.1. The monoisotopic (exact) mass is 308 g/mol. The Kier molecular flexibility index (Phi) is 2.44. The van der Waals surface area contributed by atoms with Crippen molar-refractivity contribution in [3.63, 3.8) is 0 Å². The Morgan fingerprint density at radius 1 is 1.14 bits per heavy atom. The van der Waals surface area contributed by atoms with E-state index in [0.29, 0.717) is 3.83 Å². The summed E-state index contributed by atoms with van der Waals surface area (Å²) < 4.78 is 30.7. The van der Waals surface area contributed by atoms with Crippen molar-refractivity contribution in [3.8, 4) is 11.5 Å². The van der Waals surface area contributed by atoms with Gasteiger partial charge in [-0.2, -0.15) is 4.98 Å². The average Bonchev–Trinajstić information content (AvgIpc) is 2.50. The first-order valence-corrected chi connectivity index (χ1v) is 4.69. The lowest BCUT2D eigenvalue weighted by atomic mass is 10.2. The summed E-state index contributed by atoms with van der Waals surface area (Å²) in [5.41, 5.74) is 0.234. The molecule has 3 nitrogen and oxygen atoms in total. The van der Waals surface area contributed by atoms with E-state index < -0.39 is 11.6 Å². The second kappa shape index (κ2) is 3.60. The normalized spacial score (nSPS) is 10.5. The van der Waals surface area contributed by atoms with Crippen molar-refractivity contribution in [1.29, 1.82) is 0 Å². The summed E-state index contributed by atoms with van der Waals surface area (Å²) in [5, 5.41) is 3.51. The van der Waals surface area contributed by atoms with Gasteiger partial charge in [0.05, 0.1) is 0 Å². The Morgan fingerprint density at radius 3 is 2.29 bits per heavy atom. The molecule has 0 fully saturated rings. The molecular weight excluding hydrogens is 305 g/mol. The minimum Gasteiger partial charge on any atom is -0.333 e. The fourth-order valence-electron chi connectivity index (χ4n) is 1.00. The van der Waals surface area contributed by atoms with E-state index >= 15 is 0 Å². The van der Waals surface area contributed by atoms with Crippen LogP contribution in [0.25, 0.3) is 11.5 Å². The van der Waals surface area contributed by atoms with Crippen LogP contribution in [0.5, 0.6) is 0 Å². The summed E-state index contributed by atoms with van der Waals surface area (Å²) in [6, 6.07) is 3.05. The number of benzene rings is 1. The van der Waals surface area contributed by atoms with E-state index in [2.05, 4.69) is 10.1 Å². The Bertz CT molecular complexity index is 452. The number of rotatable bonds is 1. The third-order valence-corrected chi connectivity index (χ3v) is 1.95. The van der Waals surface area contributed by atoms with Crippen LogP contribution in [0.15, 0.2) is 22.7 Å². The zero-order valence-electron chi connectivity index (χ0n) is 6.67. The van der Waals surface area contributed by atoms with Crippen molar-refractivity contribution in [2.45, 2.75) is 0 Å². The lowest BCUT2D eigenvalue weighted by Crippen LogP contribution is -1.84. The lowest BCUT2D eigenvalue weighted by Gasteiger charge is -1.94. The van der Waals surface area contributed by atoms with Gasteiger partial charge in [-0.15, -0.1) is 0 Å². The molecule has 0 aliphatic rings. The number of hydrogen-bond acceptors (Lipinski definition) is 3. The predicted molar refractivity (Wildman–Crippen MR) is 52.4 cm³/mol. The van der Waals surface area contributed by atoms with Crippen molar-refractivity contribution >= 4 is 22.6 Å². The van der Waals surface area contributed by atoms with Crippen molar-refractivity contribution in [3.05, 3.63) is 33.7 Å². The summed E-state index contributed by atoms with van der Waals surface area (Å²) in [7, 11) is 0. The molecule has 6 heteroatoms. The van der Waals surface area contributed by atoms with E-state index in [1.165, 1.54) is 0 Å². The minimum absolute atomic E-state index is 0.104. The second-order valence-electron chi connectivity index (χ2n) is 2.53. The zero-order valence-corrected chi connectivity index (χ0v) is 8.83. The smallest absolute Gasteiger partial charge is 0.258 e. The van der Waals surface area contributed by atoms with E-state index in [-0.39, 0.29) is 11.5 Å². The van der Waals surface area contributed by atoms with Gasteiger partial charge < -0.3 is 4.52 Å². The molecule has 2 rings (SSSR count). The molecule has 0 saturated heterocycles. The molecule has 2 aromatic rings. The Morgan fingerprint density at radius 2 is 1.79 bits per heavy atom. The standard InChI is InChI=1S/C8H3F2IN2O/c9-5-1-4(2-6(10)3-5)7-12-8(11)13-14-7/h1-3H. The molecule has 0 radical (unpaired) electrons. The largest absolute Gasteiger partial charge is 0.333 e. The van der Waals surface area contributed by atoms with Gasteiger partial charge in [-0.1, -0.05) is 5.16 Å². The molecule has 14 heavy (non-hydrogen) atoms. The first kappa shape index (κ1) is 9.50. The van der Waals surface area contributed by atoms with Gasteiger partial charge in [-0.3, -0.25) is 0 Å². The van der Waals surface area contributed by atoms with Gasteiger partial charge in [0.25, 0.3) is 5.89 Å². The maximum atomic E-state index is 12.8. The van der Waals surface area contributed by atoms with E-state index in [9.17, 15) is 8.78 Å². The van der Waals surface area contributed by atoms with Crippen LogP contribution in [0.4, 0.5) is 8.78 Å². The molecule has 0 atom stereocenters. The predicted octanol–water partition coefficient (Wildman–Crippen LogP) is 2.62. The van der Waals surface area contributed by atoms with Crippen molar-refractivity contribution in [1.82, 2.24) is 10.1 Å². The molecule has 0 bridgehead atoms. The first-order valence-electron chi connectivity index (χ1n) is 3.61. The van der Waals surface area contributed by atoms with Gasteiger partial charge in [0, 0.05) is 34.2 Å².